The van der Waals surface area contributed by atoms with Crippen LogP contribution < -0.4 is 4.74 Å². The zero-order valence-electron chi connectivity index (χ0n) is 22.2. The third kappa shape index (κ3) is 5.97. The van der Waals surface area contributed by atoms with Gasteiger partial charge in [0.2, 0.25) is 27.7 Å². The van der Waals surface area contributed by atoms with Crippen molar-refractivity contribution in [3.63, 3.8) is 0 Å². The van der Waals surface area contributed by atoms with E-state index in [1.165, 1.54) is 32.3 Å². The highest BCUT2D eigenvalue weighted by Crippen LogP contribution is 2.31. The van der Waals surface area contributed by atoms with Crippen molar-refractivity contribution in [1.82, 2.24) is 19.0 Å². The van der Waals surface area contributed by atoms with Gasteiger partial charge in [-0.3, -0.25) is 14.4 Å². The number of fused-ring (bicyclic) bond motifs is 1. The molecule has 0 aromatic heterocycles. The van der Waals surface area contributed by atoms with Crippen LogP contribution in [0.15, 0.2) is 59.5 Å². The maximum Gasteiger partial charge on any atom is 0.245 e. The molecule has 214 valence electrons. The Morgan fingerprint density at radius 2 is 1.75 bits per heavy atom. The van der Waals surface area contributed by atoms with Gasteiger partial charge in [-0.1, -0.05) is 24.3 Å². The first kappa shape index (κ1) is 28.0. The molecule has 0 bridgehead atoms. The smallest absolute Gasteiger partial charge is 0.245 e. The van der Waals surface area contributed by atoms with Crippen molar-refractivity contribution in [2.45, 2.75) is 42.7 Å². The molecule has 0 aliphatic carbocycles. The number of rotatable bonds is 11. The standard InChI is InChI=1S/C28H33FN4O6S/c29-21-7-4-10-24(17-21)40(37,38)33(15-16-39-23-8-2-1-3-9-23)22-18-25-28(36)31(20-27(35)32(25)19-22)14-6-13-30-12-5-11-26(30)34/h1-4,7-10,17,22,25H,5-6,11-16,18-20H2/t22?,25-/m0/s1. The summed E-state index contributed by atoms with van der Waals surface area (Å²) in [5, 5.41) is 0. The summed E-state index contributed by atoms with van der Waals surface area (Å²) in [6.45, 7) is 1.56. The molecule has 0 spiro atoms. The van der Waals surface area contributed by atoms with Gasteiger partial charge in [-0.2, -0.15) is 4.31 Å². The number of nitrogens with zero attached hydrogens (tertiary/aromatic N) is 4. The first-order valence-corrected chi connectivity index (χ1v) is 15.0. The van der Waals surface area contributed by atoms with Crippen LogP contribution in [0.3, 0.4) is 0 Å². The molecule has 0 radical (unpaired) electrons. The summed E-state index contributed by atoms with van der Waals surface area (Å²) in [4.78, 5) is 42.9. The van der Waals surface area contributed by atoms with Crippen molar-refractivity contribution in [1.29, 1.82) is 0 Å². The molecule has 2 aromatic carbocycles. The molecule has 12 heteroatoms. The SMILES string of the molecule is O=C1CCCN1CCCN1CC(=O)N2CC(N(CCOc3ccccc3)S(=O)(=O)c3cccc(F)c3)C[C@H]2C1=O. The summed E-state index contributed by atoms with van der Waals surface area (Å²) in [6, 6.07) is 12.3. The normalized spacial score (nSPS) is 21.4. The fraction of sp³-hybridized carbons (Fsp3) is 0.464. The first-order valence-electron chi connectivity index (χ1n) is 13.6. The third-order valence-corrected chi connectivity index (χ3v) is 9.63. The second-order valence-electron chi connectivity index (χ2n) is 10.3. The summed E-state index contributed by atoms with van der Waals surface area (Å²) in [5.41, 5.74) is 0. The van der Waals surface area contributed by atoms with E-state index in [1.54, 1.807) is 29.2 Å². The minimum atomic E-state index is -4.17. The third-order valence-electron chi connectivity index (χ3n) is 7.68. The Morgan fingerprint density at radius 3 is 2.48 bits per heavy atom. The van der Waals surface area contributed by atoms with E-state index in [2.05, 4.69) is 0 Å². The van der Waals surface area contributed by atoms with E-state index in [1.807, 2.05) is 6.07 Å². The number of halogens is 1. The number of hydrogen-bond acceptors (Lipinski definition) is 6. The van der Waals surface area contributed by atoms with Crippen LogP contribution in [0.25, 0.3) is 0 Å². The number of carbonyl (C=O) groups excluding carboxylic acids is 3. The number of carbonyl (C=O) groups is 3. The minimum Gasteiger partial charge on any atom is -0.492 e. The molecule has 5 rings (SSSR count). The lowest BCUT2D eigenvalue weighted by Gasteiger charge is -2.36. The van der Waals surface area contributed by atoms with Crippen LogP contribution in [0.2, 0.25) is 0 Å². The number of amides is 3. The van der Waals surface area contributed by atoms with Gasteiger partial charge < -0.3 is 19.4 Å². The predicted octanol–water partition coefficient (Wildman–Crippen LogP) is 1.72. The molecule has 3 heterocycles. The van der Waals surface area contributed by atoms with Crippen LogP contribution in [0.4, 0.5) is 4.39 Å². The number of likely N-dealkylation sites (tertiary alicyclic amines) is 1. The fourth-order valence-corrected chi connectivity index (χ4v) is 7.33. The zero-order valence-corrected chi connectivity index (χ0v) is 23.0. The maximum atomic E-state index is 14.0. The molecule has 1 unspecified atom stereocenters. The van der Waals surface area contributed by atoms with E-state index >= 15 is 0 Å². The highest BCUT2D eigenvalue weighted by Gasteiger charge is 2.49. The molecule has 0 saturated carbocycles. The van der Waals surface area contributed by atoms with Crippen molar-refractivity contribution in [2.75, 3.05) is 45.9 Å². The lowest BCUT2D eigenvalue weighted by atomic mass is 10.1. The van der Waals surface area contributed by atoms with Gasteiger partial charge in [-0.15, -0.1) is 0 Å². The van der Waals surface area contributed by atoms with Crippen molar-refractivity contribution in [2.24, 2.45) is 0 Å². The number of sulfonamides is 1. The number of ether oxygens (including phenoxy) is 1. The Kier molecular flexibility index (Phi) is 8.36. The van der Waals surface area contributed by atoms with Crippen molar-refractivity contribution < 1.29 is 31.9 Å². The average molecular weight is 573 g/mol. The molecule has 3 aliphatic rings. The van der Waals surface area contributed by atoms with Crippen molar-refractivity contribution in [3.05, 3.63) is 60.4 Å². The van der Waals surface area contributed by atoms with E-state index in [0.717, 1.165) is 12.5 Å². The number of para-hydroxylation sites is 1. The highest BCUT2D eigenvalue weighted by atomic mass is 32.2. The minimum absolute atomic E-state index is 0.0307. The van der Waals surface area contributed by atoms with Gasteiger partial charge in [0.15, 0.2) is 0 Å². The van der Waals surface area contributed by atoms with Gasteiger partial charge in [-0.25, -0.2) is 12.8 Å². The van der Waals surface area contributed by atoms with Gasteiger partial charge >= 0.3 is 0 Å². The molecule has 40 heavy (non-hydrogen) atoms. The summed E-state index contributed by atoms with van der Waals surface area (Å²) in [7, 11) is -4.17. The van der Waals surface area contributed by atoms with Crippen LogP contribution >= 0.6 is 0 Å². The fourth-order valence-electron chi connectivity index (χ4n) is 5.69. The number of benzene rings is 2. The van der Waals surface area contributed by atoms with Crippen LogP contribution in [-0.2, 0) is 24.4 Å². The van der Waals surface area contributed by atoms with Crippen LogP contribution in [0.1, 0.15) is 25.7 Å². The Morgan fingerprint density at radius 1 is 0.975 bits per heavy atom. The Labute approximate surface area is 233 Å². The second-order valence-corrected chi connectivity index (χ2v) is 12.2. The summed E-state index contributed by atoms with van der Waals surface area (Å²) in [6.07, 6.45) is 2.08. The number of hydrogen-bond donors (Lipinski definition) is 0. The van der Waals surface area contributed by atoms with E-state index < -0.39 is 27.9 Å². The second kappa shape index (κ2) is 11.9. The quantitative estimate of drug-likeness (QED) is 0.406. The van der Waals surface area contributed by atoms with Crippen LogP contribution in [0.5, 0.6) is 5.75 Å². The Hall–Kier alpha value is -3.51. The molecule has 0 N–H and O–H groups in total. The van der Waals surface area contributed by atoms with Gasteiger partial charge in [0.25, 0.3) is 0 Å². The molecule has 2 atom stereocenters. The molecule has 3 aliphatic heterocycles. The predicted molar refractivity (Wildman–Crippen MR) is 143 cm³/mol. The summed E-state index contributed by atoms with van der Waals surface area (Å²) >= 11 is 0. The van der Waals surface area contributed by atoms with E-state index in [0.29, 0.717) is 38.2 Å². The molecular weight excluding hydrogens is 539 g/mol. The van der Waals surface area contributed by atoms with Crippen LogP contribution in [0, 0.1) is 5.82 Å². The maximum absolute atomic E-state index is 14.0. The highest BCUT2D eigenvalue weighted by molar-refractivity contribution is 7.89. The Bertz CT molecular complexity index is 1360. The lowest BCUT2D eigenvalue weighted by molar-refractivity contribution is -0.153. The van der Waals surface area contributed by atoms with E-state index in [4.69, 9.17) is 4.74 Å². The zero-order chi connectivity index (χ0) is 28.3. The first-order chi connectivity index (χ1) is 19.2. The largest absolute Gasteiger partial charge is 0.492 e. The van der Waals surface area contributed by atoms with Gasteiger partial charge in [0.1, 0.15) is 24.2 Å². The Balaban J connectivity index is 1.30. The monoisotopic (exact) mass is 572 g/mol. The van der Waals surface area contributed by atoms with Gasteiger partial charge in [-0.05, 0) is 49.6 Å². The molecule has 3 fully saturated rings. The summed E-state index contributed by atoms with van der Waals surface area (Å²) < 4.78 is 48.4. The molecule has 10 nitrogen and oxygen atoms in total. The molecule has 3 amide bonds. The van der Waals surface area contributed by atoms with Crippen LogP contribution in [-0.4, -0.2) is 103 Å². The van der Waals surface area contributed by atoms with Crippen molar-refractivity contribution >= 4 is 27.7 Å². The van der Waals surface area contributed by atoms with Gasteiger partial charge in [0.05, 0.1) is 11.4 Å². The molecular formula is C28H33FN4O6S. The topological polar surface area (TPSA) is 108 Å². The van der Waals surface area contributed by atoms with Crippen molar-refractivity contribution in [3.8, 4) is 5.75 Å². The molecule has 2 aromatic rings. The van der Waals surface area contributed by atoms with E-state index in [-0.39, 0.29) is 55.3 Å². The molecule has 3 saturated heterocycles. The van der Waals surface area contributed by atoms with E-state index in [9.17, 15) is 27.2 Å². The van der Waals surface area contributed by atoms with Gasteiger partial charge in [0, 0.05) is 45.2 Å². The number of piperazine rings is 1. The average Bonchev–Trinajstić information content (AvgIpc) is 3.57. The summed E-state index contributed by atoms with van der Waals surface area (Å²) in [5.74, 6) is -0.457. The lowest BCUT2D eigenvalue weighted by Crippen LogP contribution is -2.57.